The summed E-state index contributed by atoms with van der Waals surface area (Å²) in [5.74, 6) is 1.36. The van der Waals surface area contributed by atoms with E-state index in [1.807, 2.05) is 24.0 Å². The van der Waals surface area contributed by atoms with Crippen molar-refractivity contribution in [1.29, 1.82) is 0 Å². The minimum absolute atomic E-state index is 0.0868. The van der Waals surface area contributed by atoms with E-state index in [1.54, 1.807) is 18.1 Å². The molecule has 3 rings (SSSR count). The van der Waals surface area contributed by atoms with Gasteiger partial charge in [0.1, 0.15) is 11.6 Å². The largest absolute Gasteiger partial charge is 0.346 e. The van der Waals surface area contributed by atoms with E-state index in [1.165, 1.54) is 6.07 Å². The van der Waals surface area contributed by atoms with E-state index < -0.39 is 0 Å². The number of aryl methyl sites for hydroxylation is 1. The van der Waals surface area contributed by atoms with Gasteiger partial charge in [-0.1, -0.05) is 6.92 Å². The molecule has 2 aromatic rings. The van der Waals surface area contributed by atoms with Crippen LogP contribution in [0.5, 0.6) is 0 Å². The zero-order valence-corrected chi connectivity index (χ0v) is 13.2. The van der Waals surface area contributed by atoms with Crippen LogP contribution in [0, 0.1) is 0 Å². The number of hydrogen-bond acceptors (Lipinski definition) is 5. The van der Waals surface area contributed by atoms with Gasteiger partial charge in [0, 0.05) is 43.7 Å². The molecule has 1 aliphatic heterocycles. The van der Waals surface area contributed by atoms with Crippen molar-refractivity contribution in [3.63, 3.8) is 0 Å². The minimum atomic E-state index is -0.166. The van der Waals surface area contributed by atoms with Crippen LogP contribution in [0.3, 0.4) is 0 Å². The molecule has 120 valence electrons. The Labute approximate surface area is 134 Å². The highest BCUT2D eigenvalue weighted by molar-refractivity contribution is 5.82. The Bertz CT molecular complexity index is 769. The summed E-state index contributed by atoms with van der Waals surface area (Å²) in [6.07, 6.45) is 2.38. The van der Waals surface area contributed by atoms with Gasteiger partial charge in [0.05, 0.1) is 6.54 Å². The number of piperazine rings is 1. The molecule has 0 unspecified atom stereocenters. The average molecular weight is 313 g/mol. The van der Waals surface area contributed by atoms with Gasteiger partial charge in [0.25, 0.3) is 5.56 Å². The number of pyridine rings is 1. The molecule has 0 atom stereocenters. The second kappa shape index (κ2) is 6.20. The van der Waals surface area contributed by atoms with Crippen molar-refractivity contribution in [1.82, 2.24) is 19.9 Å². The van der Waals surface area contributed by atoms with Gasteiger partial charge in [0.2, 0.25) is 5.91 Å². The highest BCUT2D eigenvalue weighted by atomic mass is 16.2. The summed E-state index contributed by atoms with van der Waals surface area (Å²) in [7, 11) is 1.80. The minimum Gasteiger partial charge on any atom is -0.346 e. The zero-order valence-electron chi connectivity index (χ0n) is 13.2. The summed E-state index contributed by atoms with van der Waals surface area (Å²) >= 11 is 0. The second-order valence-corrected chi connectivity index (χ2v) is 5.58. The lowest BCUT2D eigenvalue weighted by Crippen LogP contribution is -2.48. The summed E-state index contributed by atoms with van der Waals surface area (Å²) in [6.45, 7) is 3.74. The van der Waals surface area contributed by atoms with Crippen molar-refractivity contribution >= 4 is 11.7 Å². The van der Waals surface area contributed by atoms with Gasteiger partial charge in [0.15, 0.2) is 0 Å². The van der Waals surface area contributed by atoms with E-state index in [9.17, 15) is 9.59 Å². The number of carbonyl (C=O) groups is 1. The fourth-order valence-corrected chi connectivity index (χ4v) is 2.49. The number of aromatic nitrogens is 3. The van der Waals surface area contributed by atoms with Crippen molar-refractivity contribution in [3.05, 3.63) is 40.4 Å². The molecule has 23 heavy (non-hydrogen) atoms. The highest BCUT2D eigenvalue weighted by Gasteiger charge is 2.21. The molecular weight excluding hydrogens is 294 g/mol. The van der Waals surface area contributed by atoms with Crippen LogP contribution in [0.4, 0.5) is 5.82 Å². The summed E-state index contributed by atoms with van der Waals surface area (Å²) in [6, 6.07) is 5.22. The number of nitrogens with zero attached hydrogens (tertiary/aromatic N) is 4. The monoisotopic (exact) mass is 313 g/mol. The fraction of sp³-hybridized carbons (Fsp3) is 0.375. The van der Waals surface area contributed by atoms with Gasteiger partial charge in [-0.15, -0.1) is 0 Å². The van der Waals surface area contributed by atoms with E-state index in [2.05, 4.69) is 15.0 Å². The molecule has 2 aromatic heterocycles. The number of H-pyrrole nitrogens is 1. The summed E-state index contributed by atoms with van der Waals surface area (Å²) in [5.41, 5.74) is 1.33. The van der Waals surface area contributed by atoms with E-state index in [0.717, 1.165) is 23.6 Å². The molecule has 7 nitrogen and oxygen atoms in total. The molecule has 0 radical (unpaired) electrons. The molecular formula is C16H19N5O2. The first-order valence-corrected chi connectivity index (χ1v) is 7.62. The van der Waals surface area contributed by atoms with Crippen molar-refractivity contribution in [2.45, 2.75) is 13.3 Å². The number of hydrogen-bond donors (Lipinski definition) is 1. The Morgan fingerprint density at radius 2 is 2.09 bits per heavy atom. The zero-order chi connectivity index (χ0) is 16.4. The molecule has 0 bridgehead atoms. The molecule has 1 fully saturated rings. The first kappa shape index (κ1) is 15.2. The smallest absolute Gasteiger partial charge is 0.251 e. The van der Waals surface area contributed by atoms with Crippen molar-refractivity contribution in [2.24, 2.45) is 0 Å². The fourth-order valence-electron chi connectivity index (χ4n) is 2.49. The van der Waals surface area contributed by atoms with Gasteiger partial charge >= 0.3 is 0 Å². The molecule has 1 saturated heterocycles. The molecule has 3 heterocycles. The van der Waals surface area contributed by atoms with Crippen LogP contribution in [-0.4, -0.2) is 52.4 Å². The molecule has 7 heteroatoms. The molecule has 1 aliphatic rings. The van der Waals surface area contributed by atoms with Crippen LogP contribution < -0.4 is 10.5 Å². The van der Waals surface area contributed by atoms with E-state index >= 15 is 0 Å². The lowest BCUT2D eigenvalue weighted by Gasteiger charge is -2.32. The SMILES string of the molecule is CCc1cc(=O)[nH]c(-c2ccc(N3CCN(C)C(=O)C3)nc2)n1. The number of rotatable bonds is 3. The normalized spacial score (nSPS) is 15.1. The predicted octanol–water partition coefficient (Wildman–Crippen LogP) is 0.673. The maximum atomic E-state index is 11.8. The van der Waals surface area contributed by atoms with Crippen LogP contribution in [0.25, 0.3) is 11.4 Å². The number of nitrogens with one attached hydrogen (secondary N) is 1. The number of amides is 1. The van der Waals surface area contributed by atoms with E-state index in [4.69, 9.17) is 0 Å². The van der Waals surface area contributed by atoms with Gasteiger partial charge in [-0.25, -0.2) is 9.97 Å². The van der Waals surface area contributed by atoms with Crippen molar-refractivity contribution < 1.29 is 4.79 Å². The first-order valence-electron chi connectivity index (χ1n) is 7.62. The quantitative estimate of drug-likeness (QED) is 0.901. The average Bonchev–Trinajstić information content (AvgIpc) is 2.57. The van der Waals surface area contributed by atoms with E-state index in [-0.39, 0.29) is 11.5 Å². The van der Waals surface area contributed by atoms with Gasteiger partial charge in [-0.05, 0) is 18.6 Å². The number of carbonyl (C=O) groups excluding carboxylic acids is 1. The molecule has 1 N–H and O–H groups in total. The number of anilines is 1. The van der Waals surface area contributed by atoms with Crippen LogP contribution in [0.15, 0.2) is 29.2 Å². The lowest BCUT2D eigenvalue weighted by molar-refractivity contribution is -0.129. The van der Waals surface area contributed by atoms with Gasteiger partial charge in [-0.2, -0.15) is 0 Å². The topological polar surface area (TPSA) is 82.2 Å². The third-order valence-corrected chi connectivity index (χ3v) is 3.96. The molecule has 1 amide bonds. The summed E-state index contributed by atoms with van der Waals surface area (Å²) in [5, 5.41) is 0. The number of aromatic amines is 1. The van der Waals surface area contributed by atoms with Crippen LogP contribution >= 0.6 is 0 Å². The molecule has 0 aliphatic carbocycles. The van der Waals surface area contributed by atoms with Crippen LogP contribution in [-0.2, 0) is 11.2 Å². The summed E-state index contributed by atoms with van der Waals surface area (Å²) < 4.78 is 0. The predicted molar refractivity (Wildman–Crippen MR) is 87.3 cm³/mol. The first-order chi connectivity index (χ1) is 11.1. The second-order valence-electron chi connectivity index (χ2n) is 5.58. The Morgan fingerprint density at radius 3 is 2.74 bits per heavy atom. The van der Waals surface area contributed by atoms with Gasteiger partial charge in [-0.3, -0.25) is 9.59 Å². The molecule has 0 aromatic carbocycles. The lowest BCUT2D eigenvalue weighted by atomic mass is 10.2. The van der Waals surface area contributed by atoms with E-state index in [0.29, 0.717) is 25.3 Å². The van der Waals surface area contributed by atoms with Crippen molar-refractivity contribution in [3.8, 4) is 11.4 Å². The summed E-state index contributed by atoms with van der Waals surface area (Å²) in [4.78, 5) is 38.7. The Hall–Kier alpha value is -2.70. The Kier molecular flexibility index (Phi) is 4.10. The van der Waals surface area contributed by atoms with Gasteiger partial charge < -0.3 is 14.8 Å². The third kappa shape index (κ3) is 3.23. The molecule has 0 spiro atoms. The van der Waals surface area contributed by atoms with Crippen molar-refractivity contribution in [2.75, 3.05) is 31.6 Å². The Morgan fingerprint density at radius 1 is 1.26 bits per heavy atom. The standard InChI is InChI=1S/C16H19N5O2/c1-3-12-8-14(22)19-16(18-12)11-4-5-13(17-9-11)21-7-6-20(2)15(23)10-21/h4-5,8-9H,3,6-7,10H2,1-2H3,(H,18,19,22). The molecule has 0 saturated carbocycles. The van der Waals surface area contributed by atoms with Crippen LogP contribution in [0.2, 0.25) is 0 Å². The Balaban J connectivity index is 1.84. The number of likely N-dealkylation sites (N-methyl/N-ethyl adjacent to an activating group) is 1. The maximum absolute atomic E-state index is 11.8. The highest BCUT2D eigenvalue weighted by Crippen LogP contribution is 2.18. The van der Waals surface area contributed by atoms with Crippen LogP contribution in [0.1, 0.15) is 12.6 Å². The maximum Gasteiger partial charge on any atom is 0.251 e. The third-order valence-electron chi connectivity index (χ3n) is 3.96.